The molecule has 4 N–H and O–H groups in total. The average molecular weight is 287 g/mol. The van der Waals surface area contributed by atoms with E-state index >= 15 is 0 Å². The molecule has 0 aliphatic heterocycles. The van der Waals surface area contributed by atoms with E-state index in [9.17, 15) is 9.59 Å². The average Bonchev–Trinajstić information content (AvgIpc) is 2.16. The Labute approximate surface area is 101 Å². The highest BCUT2D eigenvalue weighted by Crippen LogP contribution is 2.19. The highest BCUT2D eigenvalue weighted by atomic mass is 79.9. The van der Waals surface area contributed by atoms with Gasteiger partial charge in [-0.05, 0) is 17.7 Å². The van der Waals surface area contributed by atoms with Gasteiger partial charge in [0.2, 0.25) is 0 Å². The van der Waals surface area contributed by atoms with Gasteiger partial charge in [-0.1, -0.05) is 28.1 Å². The lowest BCUT2D eigenvalue weighted by Crippen LogP contribution is -2.34. The van der Waals surface area contributed by atoms with Gasteiger partial charge < -0.3 is 16.2 Å². The minimum atomic E-state index is -0.998. The number of primary amides is 1. The van der Waals surface area contributed by atoms with Crippen molar-refractivity contribution in [3.8, 4) is 0 Å². The summed E-state index contributed by atoms with van der Waals surface area (Å²) in [4.78, 5) is 21.4. The number of carbonyl (C=O) groups excluding carboxylic acids is 1. The molecule has 16 heavy (non-hydrogen) atoms. The van der Waals surface area contributed by atoms with E-state index in [4.69, 9.17) is 10.8 Å². The molecule has 6 heteroatoms. The molecule has 0 bridgehead atoms. The number of aliphatic carboxylic acids is 1. The lowest BCUT2D eigenvalue weighted by atomic mass is 10.0. The molecule has 1 aromatic carbocycles. The van der Waals surface area contributed by atoms with Crippen LogP contribution in [0.3, 0.4) is 0 Å². The smallest absolute Gasteiger partial charge is 0.312 e. The summed E-state index contributed by atoms with van der Waals surface area (Å²) in [7, 11) is 0. The molecule has 0 aliphatic rings. The normalized spacial score (nSPS) is 11.8. The van der Waals surface area contributed by atoms with Gasteiger partial charge in [0.15, 0.2) is 0 Å². The molecule has 0 fully saturated rings. The summed E-state index contributed by atoms with van der Waals surface area (Å²) in [6.07, 6.45) is -0.204. The maximum absolute atomic E-state index is 10.7. The first kappa shape index (κ1) is 12.5. The first-order valence-corrected chi connectivity index (χ1v) is 5.31. The van der Waals surface area contributed by atoms with Gasteiger partial charge in [-0.15, -0.1) is 0 Å². The number of hydrogen-bond donors (Lipinski definition) is 3. The summed E-state index contributed by atoms with van der Waals surface area (Å²) >= 11 is 3.27. The Hall–Kier alpha value is -1.56. The van der Waals surface area contributed by atoms with Crippen LogP contribution in [0.5, 0.6) is 0 Å². The van der Waals surface area contributed by atoms with Gasteiger partial charge in [0.05, 0.1) is 12.5 Å². The van der Waals surface area contributed by atoms with Crippen molar-refractivity contribution in [1.29, 1.82) is 0 Å². The Morgan fingerprint density at radius 2 is 1.94 bits per heavy atom. The van der Waals surface area contributed by atoms with Gasteiger partial charge >= 0.3 is 12.0 Å². The van der Waals surface area contributed by atoms with Crippen LogP contribution in [0.4, 0.5) is 4.79 Å². The van der Waals surface area contributed by atoms with Crippen molar-refractivity contribution in [2.75, 3.05) is 0 Å². The van der Waals surface area contributed by atoms with E-state index in [-0.39, 0.29) is 6.42 Å². The minimum Gasteiger partial charge on any atom is -0.481 e. The molecule has 0 spiro atoms. The number of urea groups is 1. The van der Waals surface area contributed by atoms with Crippen LogP contribution in [0.15, 0.2) is 28.7 Å². The van der Waals surface area contributed by atoms with E-state index < -0.39 is 18.0 Å². The monoisotopic (exact) mass is 286 g/mol. The predicted molar refractivity (Wildman–Crippen MR) is 61.9 cm³/mol. The molecule has 1 aromatic rings. The number of nitrogens with two attached hydrogens (primary N) is 1. The largest absolute Gasteiger partial charge is 0.481 e. The van der Waals surface area contributed by atoms with Gasteiger partial charge in [0, 0.05) is 4.47 Å². The zero-order valence-corrected chi connectivity index (χ0v) is 9.90. The Morgan fingerprint density at radius 1 is 1.38 bits per heavy atom. The Morgan fingerprint density at radius 3 is 2.38 bits per heavy atom. The molecular formula is C10H11BrN2O3. The molecule has 1 atom stereocenters. The maximum Gasteiger partial charge on any atom is 0.312 e. The van der Waals surface area contributed by atoms with Crippen molar-refractivity contribution < 1.29 is 14.7 Å². The predicted octanol–water partition coefficient (Wildman–Crippen LogP) is 1.63. The van der Waals surface area contributed by atoms with E-state index in [1.54, 1.807) is 24.3 Å². The molecule has 0 saturated carbocycles. The Balaban J connectivity index is 2.86. The SMILES string of the molecule is NC(=O)N[C@@H](CC(=O)O)c1ccc(Br)cc1. The van der Waals surface area contributed by atoms with Crippen LogP contribution in [-0.4, -0.2) is 17.1 Å². The molecule has 0 heterocycles. The van der Waals surface area contributed by atoms with Crippen molar-refractivity contribution in [2.45, 2.75) is 12.5 Å². The van der Waals surface area contributed by atoms with Crippen molar-refractivity contribution in [3.05, 3.63) is 34.3 Å². The standard InChI is InChI=1S/C10H11BrN2O3/c11-7-3-1-6(2-4-7)8(5-9(14)15)13-10(12)16/h1-4,8H,5H2,(H,14,15)(H3,12,13,16)/t8-/m0/s1. The number of carbonyl (C=O) groups is 2. The molecule has 0 saturated heterocycles. The fraction of sp³-hybridized carbons (Fsp3) is 0.200. The number of halogens is 1. The van der Waals surface area contributed by atoms with Crippen molar-refractivity contribution in [1.82, 2.24) is 5.32 Å². The Kier molecular flexibility index (Phi) is 4.30. The third kappa shape index (κ3) is 3.90. The zero-order valence-electron chi connectivity index (χ0n) is 8.31. The fourth-order valence-corrected chi connectivity index (χ4v) is 1.56. The van der Waals surface area contributed by atoms with Gasteiger partial charge in [0.1, 0.15) is 0 Å². The molecule has 86 valence electrons. The van der Waals surface area contributed by atoms with E-state index in [1.165, 1.54) is 0 Å². The summed E-state index contributed by atoms with van der Waals surface area (Å²) in [5.41, 5.74) is 5.68. The Bertz CT molecular complexity index is 376. The number of rotatable bonds is 4. The molecule has 1 rings (SSSR count). The van der Waals surface area contributed by atoms with Gasteiger partial charge in [-0.25, -0.2) is 4.79 Å². The molecule has 0 unspecified atom stereocenters. The molecule has 0 aliphatic carbocycles. The first-order valence-electron chi connectivity index (χ1n) is 4.52. The summed E-state index contributed by atoms with van der Waals surface area (Å²) in [5.74, 6) is -0.998. The lowest BCUT2D eigenvalue weighted by Gasteiger charge is -2.15. The van der Waals surface area contributed by atoms with E-state index in [2.05, 4.69) is 21.2 Å². The van der Waals surface area contributed by atoms with Crippen LogP contribution < -0.4 is 11.1 Å². The van der Waals surface area contributed by atoms with Crippen LogP contribution >= 0.6 is 15.9 Å². The third-order valence-electron chi connectivity index (χ3n) is 1.97. The third-order valence-corrected chi connectivity index (χ3v) is 2.50. The summed E-state index contributed by atoms with van der Waals surface area (Å²) in [5, 5.41) is 11.1. The van der Waals surface area contributed by atoms with Crippen LogP contribution in [0.1, 0.15) is 18.0 Å². The van der Waals surface area contributed by atoms with Crippen LogP contribution in [0.25, 0.3) is 0 Å². The van der Waals surface area contributed by atoms with Crippen molar-refractivity contribution in [3.63, 3.8) is 0 Å². The van der Waals surface area contributed by atoms with Gasteiger partial charge in [-0.2, -0.15) is 0 Å². The van der Waals surface area contributed by atoms with E-state index in [1.807, 2.05) is 0 Å². The lowest BCUT2D eigenvalue weighted by molar-refractivity contribution is -0.137. The minimum absolute atomic E-state index is 0.204. The van der Waals surface area contributed by atoms with Gasteiger partial charge in [-0.3, -0.25) is 4.79 Å². The first-order chi connectivity index (χ1) is 7.49. The summed E-state index contributed by atoms with van der Waals surface area (Å²) in [6, 6.07) is 5.65. The quantitative estimate of drug-likeness (QED) is 0.785. The van der Waals surface area contributed by atoms with Crippen LogP contribution in [-0.2, 0) is 4.79 Å². The number of nitrogens with one attached hydrogen (secondary N) is 1. The number of hydrogen-bond acceptors (Lipinski definition) is 2. The van der Waals surface area contributed by atoms with Gasteiger partial charge in [0.25, 0.3) is 0 Å². The topological polar surface area (TPSA) is 92.4 Å². The summed E-state index contributed by atoms with van der Waals surface area (Å²) in [6.45, 7) is 0. The fourth-order valence-electron chi connectivity index (χ4n) is 1.29. The molecule has 0 aromatic heterocycles. The second-order valence-electron chi connectivity index (χ2n) is 3.21. The van der Waals surface area contributed by atoms with Crippen LogP contribution in [0.2, 0.25) is 0 Å². The maximum atomic E-state index is 10.7. The number of carboxylic acid groups (broad SMARTS) is 1. The number of benzene rings is 1. The van der Waals surface area contributed by atoms with Crippen molar-refractivity contribution in [2.24, 2.45) is 5.73 Å². The second-order valence-corrected chi connectivity index (χ2v) is 4.13. The van der Waals surface area contributed by atoms with E-state index in [0.717, 1.165) is 4.47 Å². The molecule has 0 radical (unpaired) electrons. The van der Waals surface area contributed by atoms with E-state index in [0.29, 0.717) is 5.56 Å². The van der Waals surface area contributed by atoms with Crippen molar-refractivity contribution >= 4 is 27.9 Å². The molecule has 5 nitrogen and oxygen atoms in total. The number of carboxylic acids is 1. The zero-order chi connectivity index (χ0) is 12.1. The highest BCUT2D eigenvalue weighted by Gasteiger charge is 2.16. The second kappa shape index (κ2) is 5.50. The van der Waals surface area contributed by atoms with Crippen LogP contribution in [0, 0.1) is 0 Å². The molecule has 2 amide bonds. The molecular weight excluding hydrogens is 276 g/mol. The summed E-state index contributed by atoms with van der Waals surface area (Å²) < 4.78 is 0.879. The highest BCUT2D eigenvalue weighted by molar-refractivity contribution is 9.10. The number of amides is 2.